The first kappa shape index (κ1) is 15.5. The predicted octanol–water partition coefficient (Wildman–Crippen LogP) is 2.39. The minimum Gasteiger partial charge on any atom is -0.376 e. The molecule has 0 aliphatic heterocycles. The standard InChI is InChI=1S/C15H28N4O/c1-3-19-11-13(10-17-19)14(18-16)15(20-4-2)12-8-6-5-7-9-12/h10-12,14-15,18H,3-9,16H2,1-2H3. The molecule has 1 aliphatic rings. The fourth-order valence-corrected chi connectivity index (χ4v) is 3.25. The van der Waals surface area contributed by atoms with Crippen molar-refractivity contribution in [1.82, 2.24) is 15.2 Å². The van der Waals surface area contributed by atoms with E-state index in [2.05, 4.69) is 30.6 Å². The van der Waals surface area contributed by atoms with E-state index in [1.165, 1.54) is 32.1 Å². The number of nitrogens with two attached hydrogens (primary N) is 1. The Morgan fingerprint density at radius 1 is 1.40 bits per heavy atom. The molecule has 1 aromatic heterocycles. The van der Waals surface area contributed by atoms with Gasteiger partial charge in [0, 0.05) is 24.9 Å². The van der Waals surface area contributed by atoms with Crippen LogP contribution in [0, 0.1) is 5.92 Å². The van der Waals surface area contributed by atoms with Crippen molar-refractivity contribution < 1.29 is 4.74 Å². The lowest BCUT2D eigenvalue weighted by Crippen LogP contribution is -2.42. The number of rotatable bonds is 7. The van der Waals surface area contributed by atoms with E-state index in [0.717, 1.165) is 18.7 Å². The highest BCUT2D eigenvalue weighted by Gasteiger charge is 2.32. The van der Waals surface area contributed by atoms with Crippen molar-refractivity contribution in [1.29, 1.82) is 0 Å². The number of ether oxygens (including phenoxy) is 1. The third-order valence-electron chi connectivity index (χ3n) is 4.32. The molecule has 2 atom stereocenters. The molecule has 1 aromatic rings. The van der Waals surface area contributed by atoms with Crippen LogP contribution in [0.3, 0.4) is 0 Å². The fraction of sp³-hybridized carbons (Fsp3) is 0.800. The second kappa shape index (κ2) is 7.76. The summed E-state index contributed by atoms with van der Waals surface area (Å²) in [5.74, 6) is 6.42. The maximum atomic E-state index is 6.05. The Bertz CT molecular complexity index is 387. The number of hydrazine groups is 1. The van der Waals surface area contributed by atoms with Gasteiger partial charge in [0.1, 0.15) is 0 Å². The molecule has 5 nitrogen and oxygen atoms in total. The second-order valence-corrected chi connectivity index (χ2v) is 5.59. The molecule has 1 fully saturated rings. The van der Waals surface area contributed by atoms with Crippen LogP contribution >= 0.6 is 0 Å². The maximum absolute atomic E-state index is 6.05. The zero-order valence-electron chi connectivity index (χ0n) is 12.7. The van der Waals surface area contributed by atoms with E-state index in [9.17, 15) is 0 Å². The SMILES string of the molecule is CCOC(C1CCCCC1)C(NN)c1cnn(CC)c1. The van der Waals surface area contributed by atoms with Crippen LogP contribution in [0.2, 0.25) is 0 Å². The Labute approximate surface area is 121 Å². The van der Waals surface area contributed by atoms with Crippen LogP contribution in [0.1, 0.15) is 57.6 Å². The summed E-state index contributed by atoms with van der Waals surface area (Å²) in [5.41, 5.74) is 4.08. The Morgan fingerprint density at radius 2 is 2.15 bits per heavy atom. The normalized spacial score (nSPS) is 19.9. The van der Waals surface area contributed by atoms with Gasteiger partial charge in [0.05, 0.1) is 18.3 Å². The molecule has 2 rings (SSSR count). The summed E-state index contributed by atoms with van der Waals surface area (Å²) in [5, 5.41) is 4.36. The van der Waals surface area contributed by atoms with E-state index in [-0.39, 0.29) is 12.1 Å². The first-order valence-electron chi connectivity index (χ1n) is 7.90. The van der Waals surface area contributed by atoms with Gasteiger partial charge in [-0.3, -0.25) is 16.0 Å². The topological polar surface area (TPSA) is 65.1 Å². The van der Waals surface area contributed by atoms with Gasteiger partial charge in [0.2, 0.25) is 0 Å². The lowest BCUT2D eigenvalue weighted by Gasteiger charge is -2.35. The van der Waals surface area contributed by atoms with Gasteiger partial charge >= 0.3 is 0 Å². The Kier molecular flexibility index (Phi) is 6.01. The minimum atomic E-state index is 0.0262. The van der Waals surface area contributed by atoms with Gasteiger partial charge in [-0.05, 0) is 32.6 Å². The molecule has 0 radical (unpaired) electrons. The maximum Gasteiger partial charge on any atom is 0.0811 e. The number of nitrogens with zero attached hydrogens (tertiary/aromatic N) is 2. The quantitative estimate of drug-likeness (QED) is 0.594. The van der Waals surface area contributed by atoms with Crippen molar-refractivity contribution >= 4 is 0 Å². The summed E-state index contributed by atoms with van der Waals surface area (Å²) >= 11 is 0. The molecule has 5 heteroatoms. The van der Waals surface area contributed by atoms with Crippen LogP contribution in [-0.2, 0) is 11.3 Å². The predicted molar refractivity (Wildman–Crippen MR) is 80.0 cm³/mol. The van der Waals surface area contributed by atoms with E-state index in [4.69, 9.17) is 10.6 Å². The zero-order valence-corrected chi connectivity index (χ0v) is 12.7. The Morgan fingerprint density at radius 3 is 2.70 bits per heavy atom. The summed E-state index contributed by atoms with van der Waals surface area (Å²) in [6.45, 7) is 5.74. The van der Waals surface area contributed by atoms with Crippen LogP contribution < -0.4 is 11.3 Å². The lowest BCUT2D eigenvalue weighted by atomic mass is 9.81. The largest absolute Gasteiger partial charge is 0.376 e. The van der Waals surface area contributed by atoms with Crippen molar-refractivity contribution in [2.75, 3.05) is 6.61 Å². The average molecular weight is 280 g/mol. The van der Waals surface area contributed by atoms with Crippen LogP contribution in [0.15, 0.2) is 12.4 Å². The van der Waals surface area contributed by atoms with Gasteiger partial charge in [-0.15, -0.1) is 0 Å². The summed E-state index contributed by atoms with van der Waals surface area (Å²) in [4.78, 5) is 0. The van der Waals surface area contributed by atoms with Crippen molar-refractivity contribution in [2.45, 2.75) is 64.6 Å². The van der Waals surface area contributed by atoms with Crippen LogP contribution in [0.4, 0.5) is 0 Å². The fourth-order valence-electron chi connectivity index (χ4n) is 3.25. The number of nitrogens with one attached hydrogen (secondary N) is 1. The molecule has 3 N–H and O–H groups in total. The number of aryl methyl sites for hydroxylation is 1. The highest BCUT2D eigenvalue weighted by atomic mass is 16.5. The molecule has 0 spiro atoms. The van der Waals surface area contributed by atoms with Gasteiger partial charge in [-0.2, -0.15) is 5.10 Å². The van der Waals surface area contributed by atoms with E-state index in [0.29, 0.717) is 5.92 Å². The average Bonchev–Trinajstić information content (AvgIpc) is 2.97. The molecule has 114 valence electrons. The summed E-state index contributed by atoms with van der Waals surface area (Å²) in [7, 11) is 0. The zero-order chi connectivity index (χ0) is 14.4. The highest BCUT2D eigenvalue weighted by molar-refractivity contribution is 5.13. The second-order valence-electron chi connectivity index (χ2n) is 5.59. The van der Waals surface area contributed by atoms with Crippen molar-refractivity contribution in [3.63, 3.8) is 0 Å². The monoisotopic (exact) mass is 280 g/mol. The van der Waals surface area contributed by atoms with E-state index in [1.807, 2.05) is 10.9 Å². The molecule has 20 heavy (non-hydrogen) atoms. The van der Waals surface area contributed by atoms with Crippen LogP contribution in [0.25, 0.3) is 0 Å². The molecular formula is C15H28N4O. The number of aromatic nitrogens is 2. The first-order valence-corrected chi connectivity index (χ1v) is 7.90. The molecule has 1 saturated carbocycles. The lowest BCUT2D eigenvalue weighted by molar-refractivity contribution is -0.0184. The molecule has 1 aliphatic carbocycles. The highest BCUT2D eigenvalue weighted by Crippen LogP contribution is 2.34. The molecular weight excluding hydrogens is 252 g/mol. The van der Waals surface area contributed by atoms with E-state index in [1.54, 1.807) is 0 Å². The molecule has 1 heterocycles. The van der Waals surface area contributed by atoms with Crippen molar-refractivity contribution in [3.05, 3.63) is 18.0 Å². The van der Waals surface area contributed by atoms with Gasteiger partial charge < -0.3 is 4.74 Å². The Hall–Kier alpha value is -0.910. The minimum absolute atomic E-state index is 0.0262. The summed E-state index contributed by atoms with van der Waals surface area (Å²) in [6, 6.07) is 0.0262. The molecule has 2 unspecified atom stereocenters. The molecule has 0 aromatic carbocycles. The number of hydrogen-bond donors (Lipinski definition) is 2. The third kappa shape index (κ3) is 3.59. The van der Waals surface area contributed by atoms with Crippen LogP contribution in [0.5, 0.6) is 0 Å². The molecule has 0 saturated heterocycles. The van der Waals surface area contributed by atoms with Crippen molar-refractivity contribution in [3.8, 4) is 0 Å². The van der Waals surface area contributed by atoms with Gasteiger partial charge in [-0.25, -0.2) is 0 Å². The third-order valence-corrected chi connectivity index (χ3v) is 4.32. The molecule has 0 amide bonds. The number of hydrogen-bond acceptors (Lipinski definition) is 4. The summed E-state index contributed by atoms with van der Waals surface area (Å²) in [6.07, 6.45) is 10.6. The van der Waals surface area contributed by atoms with Crippen molar-refractivity contribution in [2.24, 2.45) is 11.8 Å². The smallest absolute Gasteiger partial charge is 0.0811 e. The first-order chi connectivity index (χ1) is 9.80. The van der Waals surface area contributed by atoms with E-state index < -0.39 is 0 Å². The van der Waals surface area contributed by atoms with Gasteiger partial charge in [-0.1, -0.05) is 19.3 Å². The Balaban J connectivity index is 2.14. The van der Waals surface area contributed by atoms with Gasteiger partial charge in [0.25, 0.3) is 0 Å². The van der Waals surface area contributed by atoms with Gasteiger partial charge in [0.15, 0.2) is 0 Å². The summed E-state index contributed by atoms with van der Waals surface area (Å²) < 4.78 is 7.99. The molecule has 0 bridgehead atoms. The van der Waals surface area contributed by atoms with E-state index >= 15 is 0 Å². The van der Waals surface area contributed by atoms with Crippen LogP contribution in [-0.4, -0.2) is 22.5 Å².